The monoisotopic (exact) mass is 324 g/mol. The van der Waals surface area contributed by atoms with E-state index in [1.165, 1.54) is 12.1 Å². The molecule has 1 aromatic carbocycles. The van der Waals surface area contributed by atoms with Gasteiger partial charge in [0.2, 0.25) is 0 Å². The molecule has 1 N–H and O–H groups in total. The van der Waals surface area contributed by atoms with E-state index < -0.39 is 5.97 Å². The van der Waals surface area contributed by atoms with Crippen LogP contribution in [0.1, 0.15) is 41.5 Å². The van der Waals surface area contributed by atoms with E-state index in [9.17, 15) is 14.3 Å². The van der Waals surface area contributed by atoms with Gasteiger partial charge in [0.1, 0.15) is 5.82 Å². The van der Waals surface area contributed by atoms with Gasteiger partial charge < -0.3 is 5.11 Å². The molecule has 0 amide bonds. The largest absolute Gasteiger partial charge is 0.478 e. The third-order valence-corrected chi connectivity index (χ3v) is 3.96. The molecule has 3 aromatic rings. The van der Waals surface area contributed by atoms with Gasteiger partial charge in [-0.15, -0.1) is 0 Å². The van der Waals surface area contributed by atoms with Crippen molar-refractivity contribution in [2.75, 3.05) is 0 Å². The number of aromatic carboxylic acids is 1. The normalized spacial score (nSPS) is 11.2. The fraction of sp³-hybridized carbons (Fsp3) is 0.158. The molecule has 0 aliphatic heterocycles. The molecule has 0 fully saturated rings. The Balaban J connectivity index is 2.49. The van der Waals surface area contributed by atoms with Gasteiger partial charge in [0.15, 0.2) is 0 Å². The number of hydrogen-bond donors (Lipinski definition) is 1. The fourth-order valence-electron chi connectivity index (χ4n) is 2.84. The van der Waals surface area contributed by atoms with Crippen molar-refractivity contribution in [1.29, 1.82) is 0 Å². The zero-order valence-corrected chi connectivity index (χ0v) is 13.5. The molecule has 2 aromatic heterocycles. The van der Waals surface area contributed by atoms with Crippen molar-refractivity contribution in [2.24, 2.45) is 0 Å². The van der Waals surface area contributed by atoms with Crippen molar-refractivity contribution in [2.45, 2.75) is 19.8 Å². The van der Waals surface area contributed by atoms with Crippen molar-refractivity contribution in [3.8, 4) is 11.1 Å². The van der Waals surface area contributed by atoms with Crippen LogP contribution in [0.2, 0.25) is 0 Å². The predicted octanol–water partition coefficient (Wildman–Crippen LogP) is 4.61. The van der Waals surface area contributed by atoms with E-state index in [0.29, 0.717) is 22.3 Å². The van der Waals surface area contributed by atoms with Crippen molar-refractivity contribution in [1.82, 2.24) is 9.61 Å². The summed E-state index contributed by atoms with van der Waals surface area (Å²) < 4.78 is 15.0. The molecule has 122 valence electrons. The maximum Gasteiger partial charge on any atom is 0.338 e. The molecule has 0 spiro atoms. The lowest BCUT2D eigenvalue weighted by Gasteiger charge is -2.16. The van der Waals surface area contributed by atoms with Crippen LogP contribution < -0.4 is 0 Å². The molecule has 3 rings (SSSR count). The average molecular weight is 324 g/mol. The smallest absolute Gasteiger partial charge is 0.338 e. The van der Waals surface area contributed by atoms with E-state index in [-0.39, 0.29) is 17.3 Å². The summed E-state index contributed by atoms with van der Waals surface area (Å²) in [5.74, 6) is -1.50. The van der Waals surface area contributed by atoms with Crippen molar-refractivity contribution >= 4 is 17.6 Å². The van der Waals surface area contributed by atoms with Crippen LogP contribution in [0.15, 0.2) is 43.0 Å². The zero-order chi connectivity index (χ0) is 17.4. The fourth-order valence-corrected chi connectivity index (χ4v) is 2.84. The maximum absolute atomic E-state index is 13.3. The Morgan fingerprint density at radius 2 is 1.92 bits per heavy atom. The van der Waals surface area contributed by atoms with Gasteiger partial charge in [0.25, 0.3) is 0 Å². The van der Waals surface area contributed by atoms with Gasteiger partial charge >= 0.3 is 5.97 Å². The molecule has 0 radical (unpaired) electrons. The van der Waals surface area contributed by atoms with Crippen LogP contribution in [-0.4, -0.2) is 20.7 Å². The summed E-state index contributed by atoms with van der Waals surface area (Å²) >= 11 is 0. The van der Waals surface area contributed by atoms with Gasteiger partial charge in [-0.05, 0) is 41.8 Å². The molecule has 0 saturated carbocycles. The van der Waals surface area contributed by atoms with Gasteiger partial charge in [-0.25, -0.2) is 13.7 Å². The average Bonchev–Trinajstić information content (AvgIpc) is 2.96. The van der Waals surface area contributed by atoms with E-state index in [0.717, 1.165) is 5.69 Å². The predicted molar refractivity (Wildman–Crippen MR) is 91.7 cm³/mol. The molecule has 0 unspecified atom stereocenters. The van der Waals surface area contributed by atoms with Crippen molar-refractivity contribution in [3.63, 3.8) is 0 Å². The van der Waals surface area contributed by atoms with Gasteiger partial charge in [-0.3, -0.25) is 0 Å². The molecule has 0 saturated heterocycles. The quantitative estimate of drug-likeness (QED) is 0.763. The van der Waals surface area contributed by atoms with E-state index in [2.05, 4.69) is 11.7 Å². The van der Waals surface area contributed by atoms with Crippen molar-refractivity contribution < 1.29 is 14.3 Å². The van der Waals surface area contributed by atoms with E-state index in [1.807, 2.05) is 19.9 Å². The van der Waals surface area contributed by atoms with Gasteiger partial charge in [-0.2, -0.15) is 5.10 Å². The van der Waals surface area contributed by atoms with Crippen LogP contribution in [0.4, 0.5) is 4.39 Å². The molecule has 0 aliphatic rings. The number of nitrogens with zero attached hydrogens (tertiary/aromatic N) is 2. The zero-order valence-electron chi connectivity index (χ0n) is 13.5. The first-order valence-corrected chi connectivity index (χ1v) is 7.61. The lowest BCUT2D eigenvalue weighted by Crippen LogP contribution is -2.13. The number of halogens is 1. The summed E-state index contributed by atoms with van der Waals surface area (Å²) in [6, 6.07) is 9.45. The molecule has 4 nitrogen and oxygen atoms in total. The Labute approximate surface area is 138 Å². The minimum absolute atomic E-state index is 0.0836. The summed E-state index contributed by atoms with van der Waals surface area (Å²) in [6.07, 6.45) is 1.67. The second-order valence-electron chi connectivity index (χ2n) is 5.86. The molecule has 5 heteroatoms. The number of hydrogen-bond acceptors (Lipinski definition) is 2. The molecule has 0 atom stereocenters. The number of aromatic nitrogens is 2. The Bertz CT molecular complexity index is 940. The van der Waals surface area contributed by atoms with E-state index in [4.69, 9.17) is 0 Å². The van der Waals surface area contributed by atoms with Gasteiger partial charge in [-0.1, -0.05) is 32.6 Å². The van der Waals surface area contributed by atoms with Crippen LogP contribution in [0, 0.1) is 5.82 Å². The molecule has 0 bridgehead atoms. The number of carboxylic acids is 1. The molecular formula is C19H17FN2O2. The van der Waals surface area contributed by atoms with Crippen LogP contribution in [0.25, 0.3) is 22.7 Å². The first-order valence-electron chi connectivity index (χ1n) is 7.61. The van der Waals surface area contributed by atoms with E-state index >= 15 is 0 Å². The summed E-state index contributed by atoms with van der Waals surface area (Å²) in [5.41, 5.74) is 3.23. The standard InChI is InChI=1S/C19H17FN2O2/c1-4-14-9-10-15-16(12-5-7-13(20)8-6-12)17(19(23)24)18(11(2)3)21-22(14)15/h4-11H,1H2,2-3H3,(H,23,24). The van der Waals surface area contributed by atoms with Gasteiger partial charge in [0.05, 0.1) is 22.5 Å². The topological polar surface area (TPSA) is 54.6 Å². The minimum atomic E-state index is -1.05. The first kappa shape index (κ1) is 15.9. The summed E-state index contributed by atoms with van der Waals surface area (Å²) in [7, 11) is 0. The Hall–Kier alpha value is -2.95. The Morgan fingerprint density at radius 3 is 2.46 bits per heavy atom. The third kappa shape index (κ3) is 2.48. The molecule has 2 heterocycles. The SMILES string of the molecule is C=Cc1ccc2c(-c3ccc(F)cc3)c(C(=O)O)c(C(C)C)nn12. The highest BCUT2D eigenvalue weighted by Crippen LogP contribution is 2.34. The Morgan fingerprint density at radius 1 is 1.25 bits per heavy atom. The van der Waals surface area contributed by atoms with Crippen LogP contribution in [-0.2, 0) is 0 Å². The van der Waals surface area contributed by atoms with Crippen LogP contribution in [0.3, 0.4) is 0 Å². The van der Waals surface area contributed by atoms with E-state index in [1.54, 1.807) is 28.8 Å². The summed E-state index contributed by atoms with van der Waals surface area (Å²) in [6.45, 7) is 7.56. The van der Waals surface area contributed by atoms with Gasteiger partial charge in [0, 0.05) is 5.56 Å². The highest BCUT2D eigenvalue weighted by molar-refractivity contribution is 6.02. The number of benzene rings is 1. The minimum Gasteiger partial charge on any atom is -0.478 e. The summed E-state index contributed by atoms with van der Waals surface area (Å²) in [5, 5.41) is 14.3. The molecule has 24 heavy (non-hydrogen) atoms. The second kappa shape index (κ2) is 5.92. The maximum atomic E-state index is 13.3. The number of carboxylic acid groups (broad SMARTS) is 1. The third-order valence-electron chi connectivity index (χ3n) is 3.96. The first-order chi connectivity index (χ1) is 11.4. The van der Waals surface area contributed by atoms with Crippen molar-refractivity contribution in [3.05, 3.63) is 65.7 Å². The summed E-state index contributed by atoms with van der Waals surface area (Å²) in [4.78, 5) is 12.0. The highest BCUT2D eigenvalue weighted by Gasteiger charge is 2.24. The molecule has 0 aliphatic carbocycles. The van der Waals surface area contributed by atoms with Crippen LogP contribution >= 0.6 is 0 Å². The number of carbonyl (C=O) groups is 1. The lowest BCUT2D eigenvalue weighted by atomic mass is 9.94. The van der Waals surface area contributed by atoms with Crippen LogP contribution in [0.5, 0.6) is 0 Å². The Kier molecular flexibility index (Phi) is 3.93. The second-order valence-corrected chi connectivity index (χ2v) is 5.86. The number of fused-ring (bicyclic) bond motifs is 1. The molecular weight excluding hydrogens is 307 g/mol. The number of rotatable bonds is 4. The highest BCUT2D eigenvalue weighted by atomic mass is 19.1. The lowest BCUT2D eigenvalue weighted by molar-refractivity contribution is 0.0695.